The molecule has 0 amide bonds. The summed E-state index contributed by atoms with van der Waals surface area (Å²) in [6, 6.07) is 10.2. The van der Waals surface area contributed by atoms with Crippen LogP contribution in [0, 0.1) is 13.8 Å². The number of hydrogen-bond donors (Lipinski definition) is 2. The summed E-state index contributed by atoms with van der Waals surface area (Å²) in [6.45, 7) is 3.34. The molecule has 2 saturated carbocycles. The first kappa shape index (κ1) is 40.7. The number of rotatable bonds is 5. The van der Waals surface area contributed by atoms with E-state index >= 15 is 0 Å². The van der Waals surface area contributed by atoms with E-state index in [4.69, 9.17) is 5.73 Å². The number of hydrogen-bond acceptors (Lipinski definition) is 8. The quantitative estimate of drug-likeness (QED) is 0.153. The third-order valence-corrected chi connectivity index (χ3v) is 9.79. The van der Waals surface area contributed by atoms with E-state index in [-0.39, 0.29) is 16.4 Å². The number of aromatic nitrogens is 4. The van der Waals surface area contributed by atoms with Gasteiger partial charge in [-0.25, -0.2) is 28.4 Å². The number of benzene rings is 2. The molecule has 0 aliphatic heterocycles. The number of nitrogens with two attached hydrogens (primary N) is 1. The summed E-state index contributed by atoms with van der Waals surface area (Å²) < 4.78 is 99.2. The van der Waals surface area contributed by atoms with Crippen molar-refractivity contribution in [3.05, 3.63) is 83.7 Å². The van der Waals surface area contributed by atoms with Crippen LogP contribution in [0.25, 0.3) is 22.3 Å². The van der Waals surface area contributed by atoms with Crippen molar-refractivity contribution in [2.75, 3.05) is 11.6 Å². The number of nitrogens with zero attached hydrogens (tertiary/aromatic N) is 4. The maximum atomic E-state index is 12.7. The lowest BCUT2D eigenvalue weighted by atomic mass is 9.95. The average Bonchev–Trinajstić information content (AvgIpc) is 3.09. The lowest BCUT2D eigenvalue weighted by Gasteiger charge is -2.24. The molecule has 4 aromatic rings. The molecule has 0 unspecified atom stereocenters. The SMILES string of the molecule is Cc1ncc(-c2ccc(C(F)(F)F)cc2)c(NC2CCCCC2)n1.Cc1ncc(-c2ccc(C(F)(F)F)cc2)c(S(C)(=O)=O)n1.NC1CCCCC1. The van der Waals surface area contributed by atoms with E-state index in [0.29, 0.717) is 34.9 Å². The highest BCUT2D eigenvalue weighted by atomic mass is 32.2. The fourth-order valence-corrected chi connectivity index (χ4v) is 6.84. The summed E-state index contributed by atoms with van der Waals surface area (Å²) >= 11 is 0. The van der Waals surface area contributed by atoms with Gasteiger partial charge in [-0.3, -0.25) is 0 Å². The van der Waals surface area contributed by atoms with Gasteiger partial charge in [-0.2, -0.15) is 26.3 Å². The predicted molar refractivity (Wildman–Crippen MR) is 189 cm³/mol. The molecule has 2 fully saturated rings. The summed E-state index contributed by atoms with van der Waals surface area (Å²) in [5, 5.41) is 3.26. The zero-order valence-electron chi connectivity index (χ0n) is 29.4. The second-order valence-corrected chi connectivity index (χ2v) is 15.0. The Hall–Kier alpha value is -4.11. The molecule has 15 heteroatoms. The molecule has 2 heterocycles. The Labute approximate surface area is 300 Å². The number of sulfone groups is 1. The van der Waals surface area contributed by atoms with Gasteiger partial charge in [0.15, 0.2) is 14.9 Å². The van der Waals surface area contributed by atoms with Crippen LogP contribution in [0.1, 0.15) is 87.0 Å². The highest BCUT2D eigenvalue weighted by Crippen LogP contribution is 2.34. The molecule has 2 aromatic carbocycles. The van der Waals surface area contributed by atoms with Gasteiger partial charge in [-0.15, -0.1) is 0 Å². The van der Waals surface area contributed by atoms with Crippen molar-refractivity contribution < 1.29 is 34.8 Å². The molecule has 3 N–H and O–H groups in total. The molecule has 2 aliphatic carbocycles. The van der Waals surface area contributed by atoms with Gasteiger partial charge in [0.05, 0.1) is 11.1 Å². The summed E-state index contributed by atoms with van der Waals surface area (Å²) in [4.78, 5) is 16.5. The van der Waals surface area contributed by atoms with Crippen molar-refractivity contribution in [1.29, 1.82) is 0 Å². The summed E-state index contributed by atoms with van der Waals surface area (Å²) in [5.74, 6) is 1.62. The van der Waals surface area contributed by atoms with Crippen molar-refractivity contribution in [1.82, 2.24) is 19.9 Å². The van der Waals surface area contributed by atoms with E-state index in [9.17, 15) is 34.8 Å². The van der Waals surface area contributed by atoms with Gasteiger partial charge < -0.3 is 11.1 Å². The number of anilines is 1. The molecule has 52 heavy (non-hydrogen) atoms. The lowest BCUT2D eigenvalue weighted by Crippen LogP contribution is -2.23. The second kappa shape index (κ2) is 17.6. The first-order chi connectivity index (χ1) is 24.4. The maximum absolute atomic E-state index is 12.7. The molecular formula is C37H44F6N6O2S. The van der Waals surface area contributed by atoms with Crippen LogP contribution in [0.3, 0.4) is 0 Å². The molecule has 0 spiro atoms. The Morgan fingerprint density at radius 2 is 1.08 bits per heavy atom. The van der Waals surface area contributed by atoms with E-state index in [1.165, 1.54) is 88.8 Å². The Kier molecular flexibility index (Phi) is 13.8. The summed E-state index contributed by atoms with van der Waals surface area (Å²) in [6.07, 6.45) is 7.68. The van der Waals surface area contributed by atoms with Crippen LogP contribution in [-0.4, -0.2) is 46.7 Å². The van der Waals surface area contributed by atoms with Gasteiger partial charge in [-0.05, 0) is 74.9 Å². The van der Waals surface area contributed by atoms with E-state index in [2.05, 4.69) is 25.3 Å². The molecule has 0 bridgehead atoms. The minimum Gasteiger partial charge on any atom is -0.367 e. The van der Waals surface area contributed by atoms with Gasteiger partial charge in [0.2, 0.25) is 0 Å². The average molecular weight is 751 g/mol. The highest BCUT2D eigenvalue weighted by molar-refractivity contribution is 7.90. The second-order valence-electron chi connectivity index (χ2n) is 13.1. The van der Waals surface area contributed by atoms with Gasteiger partial charge in [0, 0.05) is 41.9 Å². The minimum absolute atomic E-state index is 0.178. The molecule has 282 valence electrons. The van der Waals surface area contributed by atoms with Gasteiger partial charge in [-0.1, -0.05) is 62.8 Å². The first-order valence-electron chi connectivity index (χ1n) is 17.2. The van der Waals surface area contributed by atoms with E-state index in [1.54, 1.807) is 6.20 Å². The number of nitrogens with one attached hydrogen (secondary N) is 1. The topological polar surface area (TPSA) is 124 Å². The largest absolute Gasteiger partial charge is 0.416 e. The maximum Gasteiger partial charge on any atom is 0.416 e. The van der Waals surface area contributed by atoms with Gasteiger partial charge in [0.25, 0.3) is 0 Å². The van der Waals surface area contributed by atoms with Gasteiger partial charge >= 0.3 is 12.4 Å². The van der Waals surface area contributed by atoms with Crippen molar-refractivity contribution in [2.45, 2.75) is 108 Å². The smallest absolute Gasteiger partial charge is 0.367 e. The van der Waals surface area contributed by atoms with Crippen molar-refractivity contribution in [3.8, 4) is 22.3 Å². The lowest BCUT2D eigenvalue weighted by molar-refractivity contribution is -0.138. The van der Waals surface area contributed by atoms with E-state index in [1.807, 2.05) is 6.92 Å². The molecule has 0 atom stereocenters. The zero-order chi connectivity index (χ0) is 38.1. The van der Waals surface area contributed by atoms with E-state index < -0.39 is 33.3 Å². The van der Waals surface area contributed by atoms with Crippen molar-refractivity contribution in [3.63, 3.8) is 0 Å². The highest BCUT2D eigenvalue weighted by Gasteiger charge is 2.31. The molecule has 0 saturated heterocycles. The number of aryl methyl sites for hydroxylation is 2. The van der Waals surface area contributed by atoms with Crippen LogP contribution in [0.15, 0.2) is 66.0 Å². The number of halogens is 6. The summed E-state index contributed by atoms with van der Waals surface area (Å²) in [5.41, 5.74) is 6.08. The van der Waals surface area contributed by atoms with Crippen LogP contribution in [0.5, 0.6) is 0 Å². The monoisotopic (exact) mass is 750 g/mol. The van der Waals surface area contributed by atoms with Crippen molar-refractivity contribution >= 4 is 15.7 Å². The molecule has 8 nitrogen and oxygen atoms in total. The third-order valence-electron chi connectivity index (χ3n) is 8.78. The molecule has 6 rings (SSSR count). The Balaban J connectivity index is 0.000000197. The zero-order valence-corrected chi connectivity index (χ0v) is 30.2. The third kappa shape index (κ3) is 12.0. The van der Waals surface area contributed by atoms with Crippen molar-refractivity contribution in [2.24, 2.45) is 5.73 Å². The Morgan fingerprint density at radius 3 is 1.50 bits per heavy atom. The van der Waals surface area contributed by atoms with E-state index in [0.717, 1.165) is 48.9 Å². The minimum atomic E-state index is -4.44. The van der Waals surface area contributed by atoms with Crippen LogP contribution in [0.4, 0.5) is 32.2 Å². The fraction of sp³-hybridized carbons (Fsp3) is 0.459. The van der Waals surface area contributed by atoms with Gasteiger partial charge in [0.1, 0.15) is 17.5 Å². The predicted octanol–water partition coefficient (Wildman–Crippen LogP) is 9.37. The Bertz CT molecular complexity index is 1860. The van der Waals surface area contributed by atoms with Crippen LogP contribution < -0.4 is 11.1 Å². The summed E-state index contributed by atoms with van der Waals surface area (Å²) in [7, 11) is -3.62. The normalized spacial score (nSPS) is 15.9. The first-order valence-corrected chi connectivity index (χ1v) is 19.1. The molecular weight excluding hydrogens is 707 g/mol. The molecule has 2 aliphatic rings. The van der Waals surface area contributed by atoms with Crippen LogP contribution in [0.2, 0.25) is 0 Å². The van der Waals surface area contributed by atoms with Crippen LogP contribution in [-0.2, 0) is 22.2 Å². The Morgan fingerprint density at radius 1 is 0.654 bits per heavy atom. The fourth-order valence-electron chi connectivity index (χ4n) is 5.97. The number of alkyl halides is 6. The molecule has 0 radical (unpaired) electrons. The molecule has 2 aromatic heterocycles. The van der Waals surface area contributed by atoms with Crippen LogP contribution >= 0.6 is 0 Å². The standard InChI is InChI=1S/C18H20F3N3.C13H11F3N2O2S.C6H13N/c1-12-22-11-16(13-7-9-14(10-8-13)18(19,20)21)17(23-12)24-15-5-3-2-4-6-15;1-8-17-7-11(12(18-8)21(2,19)20)9-3-5-10(6-4-9)13(14,15)16;7-6-4-2-1-3-5-6/h7-11,15H,2-6H2,1H3,(H,22,23,24);3-7H,1-2H3;6H,1-5,7H2.